The van der Waals surface area contributed by atoms with E-state index in [1.54, 1.807) is 11.9 Å². The minimum Gasteiger partial charge on any atom is -0.368 e. The van der Waals surface area contributed by atoms with Crippen molar-refractivity contribution in [2.45, 2.75) is 58.2 Å². The molecule has 1 fully saturated rings. The van der Waals surface area contributed by atoms with E-state index in [1.807, 2.05) is 58.0 Å². The van der Waals surface area contributed by atoms with Crippen molar-refractivity contribution in [3.05, 3.63) is 35.9 Å². The standard InChI is InChI=1S/C20H30N2O3.H2/c1-13(2)17(19(23)21-14(3)4)22(5)20(24)18-16(11-12-25-18)15-9-7-6-8-10-15;/h6-10,13-14,16-18H,11-12H2,1-5H3,(H,21,23);1H. The molecule has 1 heterocycles. The van der Waals surface area contributed by atoms with Gasteiger partial charge >= 0.3 is 0 Å². The number of benzene rings is 1. The average Bonchev–Trinajstić information content (AvgIpc) is 3.03. The summed E-state index contributed by atoms with van der Waals surface area (Å²) in [7, 11) is 1.70. The van der Waals surface area contributed by atoms with E-state index in [0.29, 0.717) is 6.61 Å². The summed E-state index contributed by atoms with van der Waals surface area (Å²) in [5.41, 5.74) is 1.11. The van der Waals surface area contributed by atoms with Gasteiger partial charge < -0.3 is 15.0 Å². The summed E-state index contributed by atoms with van der Waals surface area (Å²) in [5.74, 6) is -0.180. The molecule has 1 aliphatic heterocycles. The highest BCUT2D eigenvalue weighted by Crippen LogP contribution is 2.32. The Balaban J connectivity index is 0.00000338. The monoisotopic (exact) mass is 348 g/mol. The lowest BCUT2D eigenvalue weighted by Crippen LogP contribution is -2.54. The Labute approximate surface area is 152 Å². The van der Waals surface area contributed by atoms with Crippen molar-refractivity contribution in [3.8, 4) is 0 Å². The van der Waals surface area contributed by atoms with Gasteiger partial charge in [-0.2, -0.15) is 0 Å². The molecule has 0 saturated carbocycles. The normalized spacial score (nSPS) is 21.4. The molecule has 1 aromatic rings. The first kappa shape index (κ1) is 19.4. The third-order valence-corrected chi connectivity index (χ3v) is 4.66. The van der Waals surface area contributed by atoms with Crippen molar-refractivity contribution < 1.29 is 15.8 Å². The lowest BCUT2D eigenvalue weighted by Gasteiger charge is -2.33. The summed E-state index contributed by atoms with van der Waals surface area (Å²) in [4.78, 5) is 27.2. The molecular formula is C20H32N2O3. The number of rotatable bonds is 6. The predicted molar refractivity (Wildman–Crippen MR) is 100 cm³/mol. The molecule has 140 valence electrons. The summed E-state index contributed by atoms with van der Waals surface area (Å²) in [5, 5.41) is 2.92. The maximum absolute atomic E-state index is 13.1. The molecule has 2 amide bonds. The minimum atomic E-state index is -0.527. The fraction of sp³-hybridized carbons (Fsp3) is 0.600. The number of carbonyl (C=O) groups excluding carboxylic acids is 2. The molecule has 1 aliphatic rings. The first-order chi connectivity index (χ1) is 11.8. The van der Waals surface area contributed by atoms with Crippen LogP contribution in [0.25, 0.3) is 0 Å². The molecule has 5 nitrogen and oxygen atoms in total. The van der Waals surface area contributed by atoms with Gasteiger partial charge in [-0.1, -0.05) is 44.2 Å². The van der Waals surface area contributed by atoms with E-state index in [1.165, 1.54) is 0 Å². The summed E-state index contributed by atoms with van der Waals surface area (Å²) >= 11 is 0. The predicted octanol–water partition coefficient (Wildman–Crippen LogP) is 2.81. The van der Waals surface area contributed by atoms with Gasteiger partial charge in [-0.3, -0.25) is 9.59 Å². The third kappa shape index (κ3) is 4.60. The Morgan fingerprint density at radius 3 is 2.40 bits per heavy atom. The number of nitrogens with one attached hydrogen (secondary N) is 1. The van der Waals surface area contributed by atoms with Crippen molar-refractivity contribution in [1.82, 2.24) is 10.2 Å². The van der Waals surface area contributed by atoms with Crippen LogP contribution in [0, 0.1) is 5.92 Å². The number of carbonyl (C=O) groups is 2. The van der Waals surface area contributed by atoms with Crippen LogP contribution in [-0.4, -0.2) is 48.6 Å². The first-order valence-electron chi connectivity index (χ1n) is 9.06. The minimum absolute atomic E-state index is 0. The second-order valence-electron chi connectivity index (χ2n) is 7.40. The molecule has 0 spiro atoms. The smallest absolute Gasteiger partial charge is 0.252 e. The van der Waals surface area contributed by atoms with E-state index >= 15 is 0 Å². The van der Waals surface area contributed by atoms with Gasteiger partial charge in [0.05, 0.1) is 0 Å². The molecule has 2 rings (SSSR count). The van der Waals surface area contributed by atoms with Gasteiger partial charge in [0, 0.05) is 27.0 Å². The summed E-state index contributed by atoms with van der Waals surface area (Å²) in [6.45, 7) is 8.32. The fourth-order valence-electron chi connectivity index (χ4n) is 3.51. The average molecular weight is 348 g/mol. The van der Waals surface area contributed by atoms with Crippen molar-refractivity contribution >= 4 is 11.8 Å². The number of likely N-dealkylation sites (N-methyl/N-ethyl adjacent to an activating group) is 1. The summed E-state index contributed by atoms with van der Waals surface area (Å²) in [6, 6.07) is 9.52. The van der Waals surface area contributed by atoms with Gasteiger partial charge in [-0.25, -0.2) is 0 Å². The highest BCUT2D eigenvalue weighted by Gasteiger charge is 2.40. The van der Waals surface area contributed by atoms with E-state index in [2.05, 4.69) is 5.32 Å². The van der Waals surface area contributed by atoms with E-state index in [-0.39, 0.29) is 31.1 Å². The highest BCUT2D eigenvalue weighted by molar-refractivity contribution is 5.90. The van der Waals surface area contributed by atoms with Gasteiger partial charge in [0.1, 0.15) is 12.1 Å². The maximum atomic E-state index is 13.1. The Morgan fingerprint density at radius 2 is 1.84 bits per heavy atom. The topological polar surface area (TPSA) is 58.6 Å². The fourth-order valence-corrected chi connectivity index (χ4v) is 3.51. The third-order valence-electron chi connectivity index (χ3n) is 4.66. The molecule has 3 unspecified atom stereocenters. The molecule has 1 N–H and O–H groups in total. The van der Waals surface area contributed by atoms with Gasteiger partial charge in [0.2, 0.25) is 5.91 Å². The number of ether oxygens (including phenoxy) is 1. The first-order valence-corrected chi connectivity index (χ1v) is 9.06. The van der Waals surface area contributed by atoms with Gasteiger partial charge in [-0.15, -0.1) is 0 Å². The SMILES string of the molecule is CC(C)NC(=O)C(C(C)C)N(C)C(=O)C1OCCC1c1ccccc1.[HH]. The van der Waals surface area contributed by atoms with Crippen LogP contribution in [0.3, 0.4) is 0 Å². The largest absolute Gasteiger partial charge is 0.368 e. The second-order valence-corrected chi connectivity index (χ2v) is 7.40. The molecule has 0 bridgehead atoms. The zero-order valence-corrected chi connectivity index (χ0v) is 15.9. The molecule has 0 aliphatic carbocycles. The Kier molecular flexibility index (Phi) is 6.59. The van der Waals surface area contributed by atoms with Crippen LogP contribution in [0.4, 0.5) is 0 Å². The van der Waals surface area contributed by atoms with Crippen LogP contribution < -0.4 is 5.32 Å². The van der Waals surface area contributed by atoms with Gasteiger partial charge in [0.15, 0.2) is 0 Å². The molecule has 0 aromatic heterocycles. The quantitative estimate of drug-likeness (QED) is 0.860. The van der Waals surface area contributed by atoms with E-state index in [9.17, 15) is 9.59 Å². The van der Waals surface area contributed by atoms with Gasteiger partial charge in [0.25, 0.3) is 5.91 Å². The molecule has 5 heteroatoms. The van der Waals surface area contributed by atoms with Crippen LogP contribution in [0.5, 0.6) is 0 Å². The lowest BCUT2D eigenvalue weighted by atomic mass is 9.91. The van der Waals surface area contributed by atoms with Gasteiger partial charge in [-0.05, 0) is 31.7 Å². The van der Waals surface area contributed by atoms with Crippen molar-refractivity contribution in [2.75, 3.05) is 13.7 Å². The highest BCUT2D eigenvalue weighted by atomic mass is 16.5. The number of nitrogens with zero attached hydrogens (tertiary/aromatic N) is 1. The Bertz CT molecular complexity index is 592. The number of hydrogen-bond donors (Lipinski definition) is 1. The van der Waals surface area contributed by atoms with Crippen LogP contribution in [0.1, 0.15) is 47.0 Å². The molecule has 25 heavy (non-hydrogen) atoms. The summed E-state index contributed by atoms with van der Waals surface area (Å²) < 4.78 is 5.77. The van der Waals surface area contributed by atoms with Crippen LogP contribution in [-0.2, 0) is 14.3 Å². The van der Waals surface area contributed by atoms with Crippen LogP contribution in [0.2, 0.25) is 0 Å². The van der Waals surface area contributed by atoms with E-state index in [0.717, 1.165) is 12.0 Å². The molecule has 1 aromatic carbocycles. The molecule has 0 radical (unpaired) electrons. The molecule has 1 saturated heterocycles. The zero-order chi connectivity index (χ0) is 18.6. The second kappa shape index (κ2) is 8.48. The Morgan fingerprint density at radius 1 is 1.20 bits per heavy atom. The number of amides is 2. The van der Waals surface area contributed by atoms with Crippen LogP contribution in [0.15, 0.2) is 30.3 Å². The van der Waals surface area contributed by atoms with Crippen LogP contribution >= 0.6 is 0 Å². The summed E-state index contributed by atoms with van der Waals surface area (Å²) in [6.07, 6.45) is 0.291. The molecule has 3 atom stereocenters. The van der Waals surface area contributed by atoms with Crippen molar-refractivity contribution in [2.24, 2.45) is 5.92 Å². The van der Waals surface area contributed by atoms with E-state index < -0.39 is 12.1 Å². The van der Waals surface area contributed by atoms with Crippen molar-refractivity contribution in [3.63, 3.8) is 0 Å². The molecular weight excluding hydrogens is 316 g/mol. The number of hydrogen-bond acceptors (Lipinski definition) is 3. The Hall–Kier alpha value is -1.88. The lowest BCUT2D eigenvalue weighted by molar-refractivity contribution is -0.148. The maximum Gasteiger partial charge on any atom is 0.252 e. The zero-order valence-electron chi connectivity index (χ0n) is 15.9. The van der Waals surface area contributed by atoms with E-state index in [4.69, 9.17) is 4.74 Å². The van der Waals surface area contributed by atoms with Crippen molar-refractivity contribution in [1.29, 1.82) is 0 Å².